The van der Waals surface area contributed by atoms with Crippen molar-refractivity contribution in [3.8, 4) is 0 Å². The molecule has 1 aliphatic carbocycles. The van der Waals surface area contributed by atoms with E-state index in [2.05, 4.69) is 82.8 Å². The van der Waals surface area contributed by atoms with E-state index in [1.165, 1.54) is 28.7 Å². The molecule has 0 spiro atoms. The summed E-state index contributed by atoms with van der Waals surface area (Å²) in [6, 6.07) is 11.3. The maximum atomic E-state index is 13.9. The molecule has 1 heterocycles. The van der Waals surface area contributed by atoms with Crippen LogP contribution in [0.25, 0.3) is 0 Å². The summed E-state index contributed by atoms with van der Waals surface area (Å²) in [5, 5.41) is 26.4. The van der Waals surface area contributed by atoms with Gasteiger partial charge in [0, 0.05) is 30.9 Å². The number of hydrogen-bond acceptors (Lipinski definition) is 7. The molecule has 10 heteroatoms. The van der Waals surface area contributed by atoms with Crippen molar-refractivity contribution in [2.24, 2.45) is 0 Å². The van der Waals surface area contributed by atoms with Crippen molar-refractivity contribution < 1.29 is 13.9 Å². The highest BCUT2D eigenvalue weighted by Crippen LogP contribution is 2.38. The van der Waals surface area contributed by atoms with Gasteiger partial charge in [0.2, 0.25) is 0 Å². The highest BCUT2D eigenvalue weighted by Gasteiger charge is 2.36. The molecular weight excluding hydrogens is 488 g/mol. The third-order valence-electron chi connectivity index (χ3n) is 7.25. The minimum Gasteiger partial charge on any atom is -0.390 e. The fourth-order valence-electron chi connectivity index (χ4n) is 5.06. The van der Waals surface area contributed by atoms with E-state index in [0.717, 1.165) is 36.6 Å². The zero-order valence-corrected chi connectivity index (χ0v) is 22.4. The molecule has 2 aromatic carbocycles. The molecular formula is C28H37F2N7O. The van der Waals surface area contributed by atoms with Gasteiger partial charge in [-0.1, -0.05) is 51.1 Å². The minimum absolute atomic E-state index is 0.00845. The van der Waals surface area contributed by atoms with Gasteiger partial charge in [0.1, 0.15) is 18.0 Å². The van der Waals surface area contributed by atoms with Gasteiger partial charge in [-0.25, -0.2) is 18.9 Å². The topological polar surface area (TPSA) is 99.9 Å². The fourth-order valence-corrected chi connectivity index (χ4v) is 5.06. The molecule has 4 N–H and O–H groups in total. The lowest BCUT2D eigenvalue weighted by Crippen LogP contribution is -2.49. The van der Waals surface area contributed by atoms with Gasteiger partial charge < -0.3 is 15.8 Å². The summed E-state index contributed by atoms with van der Waals surface area (Å²) in [5.74, 6) is -1.33. The first-order valence-corrected chi connectivity index (χ1v) is 12.9. The molecule has 1 aliphatic rings. The molecule has 3 atom stereocenters. The molecule has 0 bridgehead atoms. The van der Waals surface area contributed by atoms with Gasteiger partial charge in [0.25, 0.3) is 0 Å². The van der Waals surface area contributed by atoms with Crippen LogP contribution in [0.15, 0.2) is 60.6 Å². The van der Waals surface area contributed by atoms with Crippen LogP contribution in [0.1, 0.15) is 62.8 Å². The largest absolute Gasteiger partial charge is 0.390 e. The first kappa shape index (κ1) is 27.8. The molecule has 0 fully saturated rings. The number of halogens is 2. The predicted octanol–water partition coefficient (Wildman–Crippen LogP) is 3.67. The van der Waals surface area contributed by atoms with E-state index in [-0.39, 0.29) is 18.4 Å². The molecule has 3 aromatic rings. The third kappa shape index (κ3) is 6.61. The fraction of sp³-hybridized carbons (Fsp3) is 0.464. The molecule has 204 valence electrons. The number of nitrogens with one attached hydrogen (secondary N) is 3. The maximum Gasteiger partial charge on any atom is 0.138 e. The second-order valence-electron chi connectivity index (χ2n) is 11.0. The number of allylic oxidation sites excluding steroid dienone is 1. The zero-order valence-electron chi connectivity index (χ0n) is 22.4. The number of rotatable bonds is 10. The molecule has 8 nitrogen and oxygen atoms in total. The van der Waals surface area contributed by atoms with E-state index in [4.69, 9.17) is 0 Å². The summed E-state index contributed by atoms with van der Waals surface area (Å²) in [5.41, 5.74) is 9.70. The van der Waals surface area contributed by atoms with Gasteiger partial charge in [0.15, 0.2) is 0 Å². The Morgan fingerprint density at radius 3 is 2.50 bits per heavy atom. The summed E-state index contributed by atoms with van der Waals surface area (Å²) in [6.45, 7) is 6.80. The van der Waals surface area contributed by atoms with Gasteiger partial charge in [-0.2, -0.15) is 0 Å². The van der Waals surface area contributed by atoms with E-state index in [1.54, 1.807) is 0 Å². The van der Waals surface area contributed by atoms with Crippen LogP contribution in [0.2, 0.25) is 0 Å². The Bertz CT molecular complexity index is 1220. The molecule has 0 aliphatic heterocycles. The van der Waals surface area contributed by atoms with Crippen molar-refractivity contribution in [2.45, 2.75) is 69.6 Å². The molecule has 3 unspecified atom stereocenters. The second kappa shape index (κ2) is 11.7. The zero-order chi connectivity index (χ0) is 27.3. The van der Waals surface area contributed by atoms with Crippen molar-refractivity contribution in [1.29, 1.82) is 0 Å². The van der Waals surface area contributed by atoms with Crippen LogP contribution >= 0.6 is 0 Å². The SMILES string of the molecule is CNNC1=CCC(NCC(O)C(Cc2cc(F)cc(F)c2)n2cnnn2)(c2cccc(C(C)(C)C)c2)CC1. The normalized spacial score (nSPS) is 19.6. The Balaban J connectivity index is 1.61. The average molecular weight is 526 g/mol. The number of benzene rings is 2. The van der Waals surface area contributed by atoms with E-state index in [9.17, 15) is 13.9 Å². The second-order valence-corrected chi connectivity index (χ2v) is 11.0. The highest BCUT2D eigenvalue weighted by atomic mass is 19.1. The van der Waals surface area contributed by atoms with Crippen LogP contribution in [0.5, 0.6) is 0 Å². The number of aliphatic hydroxyl groups excluding tert-OH is 1. The van der Waals surface area contributed by atoms with Crippen LogP contribution < -0.4 is 16.2 Å². The Morgan fingerprint density at radius 2 is 1.89 bits per heavy atom. The van der Waals surface area contributed by atoms with Gasteiger partial charge >= 0.3 is 0 Å². The summed E-state index contributed by atoms with van der Waals surface area (Å²) >= 11 is 0. The van der Waals surface area contributed by atoms with E-state index in [1.807, 2.05) is 7.05 Å². The first-order chi connectivity index (χ1) is 18.1. The number of aromatic nitrogens is 4. The van der Waals surface area contributed by atoms with Crippen LogP contribution in [0, 0.1) is 11.6 Å². The van der Waals surface area contributed by atoms with Gasteiger partial charge in [0.05, 0.1) is 12.1 Å². The van der Waals surface area contributed by atoms with Gasteiger partial charge in [-0.15, -0.1) is 5.10 Å². The lowest BCUT2D eigenvalue weighted by Gasteiger charge is -2.40. The Morgan fingerprint density at radius 1 is 1.13 bits per heavy atom. The van der Waals surface area contributed by atoms with Crippen molar-refractivity contribution in [1.82, 2.24) is 36.4 Å². The number of tetrazole rings is 1. The molecule has 0 saturated carbocycles. The molecule has 38 heavy (non-hydrogen) atoms. The molecule has 4 rings (SSSR count). The van der Waals surface area contributed by atoms with Crippen LogP contribution in [0.3, 0.4) is 0 Å². The Labute approximate surface area is 222 Å². The first-order valence-electron chi connectivity index (χ1n) is 12.9. The Kier molecular flexibility index (Phi) is 8.54. The average Bonchev–Trinajstić information content (AvgIpc) is 3.41. The van der Waals surface area contributed by atoms with Crippen LogP contribution in [-0.4, -0.2) is 45.0 Å². The molecule has 0 amide bonds. The number of aliphatic hydroxyl groups is 1. The van der Waals surface area contributed by atoms with Crippen molar-refractivity contribution >= 4 is 0 Å². The van der Waals surface area contributed by atoms with Crippen molar-refractivity contribution in [3.63, 3.8) is 0 Å². The van der Waals surface area contributed by atoms with Gasteiger partial charge in [-0.3, -0.25) is 0 Å². The highest BCUT2D eigenvalue weighted by molar-refractivity contribution is 5.35. The minimum atomic E-state index is -0.937. The number of nitrogens with zero attached hydrogens (tertiary/aromatic N) is 4. The van der Waals surface area contributed by atoms with Crippen LogP contribution in [-0.2, 0) is 17.4 Å². The monoisotopic (exact) mass is 525 g/mol. The smallest absolute Gasteiger partial charge is 0.138 e. The molecule has 0 saturated heterocycles. The van der Waals surface area contributed by atoms with Gasteiger partial charge in [-0.05, 0) is 70.3 Å². The lowest BCUT2D eigenvalue weighted by atomic mass is 9.76. The van der Waals surface area contributed by atoms with Crippen LogP contribution in [0.4, 0.5) is 8.78 Å². The standard InChI is InChI=1S/C28H37F2N7O/c1-27(2,3)20-6-5-7-21(15-20)28(10-8-24(9-11-28)34-31-4)32-17-26(38)25(37-18-33-35-36-37)14-19-12-22(29)16-23(30)13-19/h5-8,12-13,15-16,18,25-26,31-32,34,38H,9-11,14,17H2,1-4H3. The lowest BCUT2D eigenvalue weighted by molar-refractivity contribution is 0.0895. The predicted molar refractivity (Wildman–Crippen MR) is 142 cm³/mol. The quantitative estimate of drug-likeness (QED) is 0.300. The van der Waals surface area contributed by atoms with Crippen molar-refractivity contribution in [3.05, 3.63) is 88.9 Å². The maximum absolute atomic E-state index is 13.9. The van der Waals surface area contributed by atoms with E-state index in [0.29, 0.717) is 5.56 Å². The third-order valence-corrected chi connectivity index (χ3v) is 7.25. The molecule has 1 aromatic heterocycles. The van der Waals surface area contributed by atoms with E-state index < -0.39 is 29.3 Å². The number of hydrazine groups is 1. The summed E-state index contributed by atoms with van der Waals surface area (Å²) < 4.78 is 29.2. The summed E-state index contributed by atoms with van der Waals surface area (Å²) in [4.78, 5) is 0. The summed E-state index contributed by atoms with van der Waals surface area (Å²) in [6.07, 6.45) is 5.17. The molecule has 0 radical (unpaired) electrons. The van der Waals surface area contributed by atoms with Crippen molar-refractivity contribution in [2.75, 3.05) is 13.6 Å². The summed E-state index contributed by atoms with van der Waals surface area (Å²) in [7, 11) is 1.84. The Hall–Kier alpha value is -3.21. The van der Waals surface area contributed by atoms with E-state index >= 15 is 0 Å². The number of hydrogen-bond donors (Lipinski definition) is 4.